The molecule has 0 atom stereocenters. The maximum Gasteiger partial charge on any atom is 0.368 e. The Kier molecular flexibility index (Phi) is 3.60. The van der Waals surface area contributed by atoms with Crippen LogP contribution in [0.15, 0.2) is 47.4 Å². The fourth-order valence-electron chi connectivity index (χ4n) is 2.77. The molecule has 0 radical (unpaired) electrons. The maximum absolute atomic E-state index is 12.2. The highest BCUT2D eigenvalue weighted by molar-refractivity contribution is 5.47. The van der Waals surface area contributed by atoms with Crippen LogP contribution in [0.1, 0.15) is 29.9 Å². The van der Waals surface area contributed by atoms with Gasteiger partial charge in [0, 0.05) is 24.9 Å². The van der Waals surface area contributed by atoms with Crippen LogP contribution in [0.25, 0.3) is 5.69 Å². The summed E-state index contributed by atoms with van der Waals surface area (Å²) >= 11 is 0. The fraction of sp³-hybridized carbons (Fsp3) is 0.294. The van der Waals surface area contributed by atoms with E-state index < -0.39 is 0 Å². The molecule has 0 saturated heterocycles. The Morgan fingerprint density at radius 2 is 2.04 bits per heavy atom. The van der Waals surface area contributed by atoms with E-state index in [9.17, 15) is 4.79 Å². The van der Waals surface area contributed by atoms with Gasteiger partial charge in [-0.05, 0) is 46.9 Å². The predicted molar refractivity (Wildman–Crippen MR) is 87.1 cm³/mol. The summed E-state index contributed by atoms with van der Waals surface area (Å²) < 4.78 is 8.38. The van der Waals surface area contributed by atoms with Gasteiger partial charge in [0.1, 0.15) is 6.61 Å². The molecule has 7 heteroatoms. The third-order valence-electron chi connectivity index (χ3n) is 4.16. The Balaban J connectivity index is 1.75. The Morgan fingerprint density at radius 3 is 2.71 bits per heavy atom. The quantitative estimate of drug-likeness (QED) is 0.716. The zero-order chi connectivity index (χ0) is 16.5. The summed E-state index contributed by atoms with van der Waals surface area (Å²) in [5.41, 5.74) is 2.62. The lowest BCUT2D eigenvalue weighted by Crippen LogP contribution is -2.23. The molecular weight excluding hydrogens is 306 g/mol. The second-order valence-electron chi connectivity index (χ2n) is 5.87. The number of rotatable bonds is 5. The molecule has 4 rings (SSSR count). The van der Waals surface area contributed by atoms with Crippen molar-refractivity contribution in [3.63, 3.8) is 0 Å². The minimum atomic E-state index is -0.276. The van der Waals surface area contributed by atoms with E-state index in [2.05, 4.69) is 21.5 Å². The Morgan fingerprint density at radius 1 is 1.17 bits per heavy atom. The fourth-order valence-corrected chi connectivity index (χ4v) is 2.77. The number of aromatic nitrogens is 5. The number of ether oxygens (including phenoxy) is 1. The molecule has 2 aromatic heterocycles. The van der Waals surface area contributed by atoms with E-state index in [0.29, 0.717) is 24.1 Å². The monoisotopic (exact) mass is 323 g/mol. The predicted octanol–water partition coefficient (Wildman–Crippen LogP) is 1.82. The van der Waals surface area contributed by atoms with Gasteiger partial charge in [-0.2, -0.15) is 9.36 Å². The van der Waals surface area contributed by atoms with Crippen LogP contribution in [-0.4, -0.2) is 24.8 Å². The van der Waals surface area contributed by atoms with Crippen LogP contribution >= 0.6 is 0 Å². The maximum atomic E-state index is 12.2. The molecule has 1 aliphatic carbocycles. The highest BCUT2D eigenvalue weighted by Gasteiger charge is 2.28. The van der Waals surface area contributed by atoms with Gasteiger partial charge in [0.2, 0.25) is 5.88 Å². The zero-order valence-electron chi connectivity index (χ0n) is 13.3. The van der Waals surface area contributed by atoms with Crippen molar-refractivity contribution in [1.82, 2.24) is 24.8 Å². The molecule has 122 valence electrons. The number of aryl methyl sites for hydroxylation is 1. The van der Waals surface area contributed by atoms with Crippen molar-refractivity contribution in [2.75, 3.05) is 0 Å². The highest BCUT2D eigenvalue weighted by atomic mass is 16.5. The molecule has 1 aliphatic rings. The van der Waals surface area contributed by atoms with Gasteiger partial charge in [-0.3, -0.25) is 0 Å². The van der Waals surface area contributed by atoms with Crippen LogP contribution in [0.3, 0.4) is 0 Å². The first-order valence-corrected chi connectivity index (χ1v) is 7.89. The molecule has 1 saturated carbocycles. The van der Waals surface area contributed by atoms with E-state index in [-0.39, 0.29) is 5.69 Å². The number of hydrogen-bond acceptors (Lipinski definition) is 5. The second kappa shape index (κ2) is 5.92. The summed E-state index contributed by atoms with van der Waals surface area (Å²) in [4.78, 5) is 16.4. The minimum Gasteiger partial charge on any atom is -0.473 e. The standard InChI is InChI=1S/C17H17N5O2/c1-21-17(23)22(20-19-21)15-6-4-5-13(12-8-9-12)14(15)11-24-16-7-2-3-10-18-16/h2-7,10,12H,8-9,11H2,1H3. The molecule has 0 N–H and O–H groups in total. The first-order valence-electron chi connectivity index (χ1n) is 7.89. The van der Waals surface area contributed by atoms with Crippen molar-refractivity contribution < 1.29 is 4.74 Å². The Hall–Kier alpha value is -2.96. The molecule has 0 aliphatic heterocycles. The molecule has 3 aromatic rings. The number of nitrogens with zero attached hydrogens (tertiary/aromatic N) is 5. The van der Waals surface area contributed by atoms with Crippen molar-refractivity contribution in [3.05, 3.63) is 64.2 Å². The van der Waals surface area contributed by atoms with Gasteiger partial charge in [0.05, 0.1) is 5.69 Å². The average Bonchev–Trinajstić information content (AvgIpc) is 3.41. The topological polar surface area (TPSA) is 74.8 Å². The molecule has 0 unspecified atom stereocenters. The van der Waals surface area contributed by atoms with E-state index in [1.165, 1.54) is 14.9 Å². The van der Waals surface area contributed by atoms with Gasteiger partial charge in [-0.15, -0.1) is 0 Å². The zero-order valence-corrected chi connectivity index (χ0v) is 13.3. The van der Waals surface area contributed by atoms with Crippen molar-refractivity contribution in [1.29, 1.82) is 0 Å². The number of hydrogen-bond donors (Lipinski definition) is 0. The van der Waals surface area contributed by atoms with E-state index in [1.807, 2.05) is 30.3 Å². The van der Waals surface area contributed by atoms with Gasteiger partial charge in [0.15, 0.2) is 0 Å². The van der Waals surface area contributed by atoms with E-state index in [4.69, 9.17) is 4.74 Å². The number of benzene rings is 1. The molecule has 0 amide bonds. The molecule has 7 nitrogen and oxygen atoms in total. The van der Waals surface area contributed by atoms with Gasteiger partial charge in [0.25, 0.3) is 0 Å². The Bertz CT molecular complexity index is 912. The normalized spacial score (nSPS) is 13.9. The average molecular weight is 323 g/mol. The van der Waals surface area contributed by atoms with E-state index in [0.717, 1.165) is 18.4 Å². The minimum absolute atomic E-state index is 0.276. The molecule has 1 fully saturated rings. The van der Waals surface area contributed by atoms with Crippen LogP contribution in [0.5, 0.6) is 5.88 Å². The van der Waals surface area contributed by atoms with Crippen molar-refractivity contribution in [2.45, 2.75) is 25.4 Å². The summed E-state index contributed by atoms with van der Waals surface area (Å²) in [6.07, 6.45) is 4.01. The van der Waals surface area contributed by atoms with Crippen LogP contribution in [0, 0.1) is 0 Å². The molecule has 0 spiro atoms. The largest absolute Gasteiger partial charge is 0.473 e. The molecule has 24 heavy (non-hydrogen) atoms. The molecule has 1 aromatic carbocycles. The smallest absolute Gasteiger partial charge is 0.368 e. The van der Waals surface area contributed by atoms with Crippen molar-refractivity contribution >= 4 is 0 Å². The van der Waals surface area contributed by atoms with Gasteiger partial charge in [-0.1, -0.05) is 18.2 Å². The summed E-state index contributed by atoms with van der Waals surface area (Å²) in [6, 6.07) is 11.5. The Labute approximate surface area is 138 Å². The second-order valence-corrected chi connectivity index (χ2v) is 5.87. The van der Waals surface area contributed by atoms with Gasteiger partial charge in [-0.25, -0.2) is 9.78 Å². The highest BCUT2D eigenvalue weighted by Crippen LogP contribution is 2.42. The van der Waals surface area contributed by atoms with E-state index >= 15 is 0 Å². The van der Waals surface area contributed by atoms with Crippen molar-refractivity contribution in [3.8, 4) is 11.6 Å². The third kappa shape index (κ3) is 2.68. The third-order valence-corrected chi connectivity index (χ3v) is 4.16. The van der Waals surface area contributed by atoms with Gasteiger partial charge < -0.3 is 4.74 Å². The first-order chi connectivity index (χ1) is 11.7. The summed E-state index contributed by atoms with van der Waals surface area (Å²) in [7, 11) is 1.58. The first kappa shape index (κ1) is 14.6. The summed E-state index contributed by atoms with van der Waals surface area (Å²) in [5, 5.41) is 7.77. The van der Waals surface area contributed by atoms with Crippen LogP contribution in [-0.2, 0) is 13.7 Å². The van der Waals surface area contributed by atoms with Crippen LogP contribution < -0.4 is 10.4 Å². The van der Waals surface area contributed by atoms with Crippen LogP contribution in [0.2, 0.25) is 0 Å². The molecule has 0 bridgehead atoms. The number of tetrazole rings is 1. The lowest BCUT2D eigenvalue weighted by Gasteiger charge is -2.14. The van der Waals surface area contributed by atoms with E-state index in [1.54, 1.807) is 13.2 Å². The van der Waals surface area contributed by atoms with Crippen molar-refractivity contribution in [2.24, 2.45) is 7.05 Å². The summed E-state index contributed by atoms with van der Waals surface area (Å²) in [6.45, 7) is 0.335. The molecule has 2 heterocycles. The van der Waals surface area contributed by atoms with Crippen LogP contribution in [0.4, 0.5) is 0 Å². The summed E-state index contributed by atoms with van der Waals surface area (Å²) in [5.74, 6) is 1.08. The van der Waals surface area contributed by atoms with Gasteiger partial charge >= 0.3 is 5.69 Å². The number of pyridine rings is 1. The lowest BCUT2D eigenvalue weighted by atomic mass is 10.0. The SMILES string of the molecule is Cn1nnn(-c2cccc(C3CC3)c2COc2ccccn2)c1=O. The lowest BCUT2D eigenvalue weighted by molar-refractivity contribution is 0.292. The molecular formula is C17H17N5O2.